The van der Waals surface area contributed by atoms with Crippen molar-refractivity contribution >= 4 is 17.8 Å². The number of carboxylic acids is 2. The molecule has 198 valence electrons. The maximum Gasteiger partial charge on any atom is 0.416 e. The molecule has 0 unspecified atom stereocenters. The maximum absolute atomic E-state index is 13.1. The average Bonchev–Trinajstić information content (AvgIpc) is 3.17. The molecule has 10 heteroatoms. The monoisotopic (exact) mass is 518 g/mol. The molecule has 0 aromatic heterocycles. The molecular formula is C27H29F3N2O5. The van der Waals surface area contributed by atoms with Crippen molar-refractivity contribution < 1.29 is 37.8 Å². The van der Waals surface area contributed by atoms with Gasteiger partial charge in [-0.3, -0.25) is 4.79 Å². The van der Waals surface area contributed by atoms with Crippen molar-refractivity contribution in [3.8, 4) is 0 Å². The first-order chi connectivity index (χ1) is 17.5. The molecule has 0 bridgehead atoms. The summed E-state index contributed by atoms with van der Waals surface area (Å²) in [5, 5.41) is 15.6. The van der Waals surface area contributed by atoms with Crippen molar-refractivity contribution in [2.75, 3.05) is 26.2 Å². The molecule has 2 N–H and O–H groups in total. The zero-order valence-electron chi connectivity index (χ0n) is 20.2. The van der Waals surface area contributed by atoms with E-state index >= 15 is 0 Å². The van der Waals surface area contributed by atoms with Crippen LogP contribution in [0.2, 0.25) is 0 Å². The molecule has 2 aromatic carbocycles. The number of hydrogen-bond donors (Lipinski definition) is 2. The molecule has 2 aliphatic heterocycles. The number of hydrogen-bond acceptors (Lipinski definition) is 4. The van der Waals surface area contributed by atoms with Gasteiger partial charge in [0.1, 0.15) is 0 Å². The van der Waals surface area contributed by atoms with Crippen LogP contribution in [0.5, 0.6) is 0 Å². The van der Waals surface area contributed by atoms with Crippen LogP contribution in [-0.2, 0) is 28.7 Å². The molecule has 2 aromatic rings. The largest absolute Gasteiger partial charge is 0.478 e. The number of aliphatic carboxylic acids is 2. The van der Waals surface area contributed by atoms with Crippen molar-refractivity contribution in [1.82, 2.24) is 9.80 Å². The number of nitrogens with zero attached hydrogens (tertiary/aromatic N) is 2. The highest BCUT2D eigenvalue weighted by Crippen LogP contribution is 2.32. The third-order valence-corrected chi connectivity index (χ3v) is 6.47. The zero-order valence-corrected chi connectivity index (χ0v) is 20.2. The summed E-state index contributed by atoms with van der Waals surface area (Å²) < 4.78 is 39.4. The van der Waals surface area contributed by atoms with Crippen LogP contribution in [0, 0.1) is 5.92 Å². The fourth-order valence-electron chi connectivity index (χ4n) is 4.60. The molecular weight excluding hydrogens is 489 g/mol. The lowest BCUT2D eigenvalue weighted by atomic mass is 9.95. The number of benzene rings is 2. The fourth-order valence-corrected chi connectivity index (χ4v) is 4.60. The first-order valence-corrected chi connectivity index (χ1v) is 11.9. The third-order valence-electron chi connectivity index (χ3n) is 6.47. The van der Waals surface area contributed by atoms with Gasteiger partial charge in [0, 0.05) is 37.3 Å². The third kappa shape index (κ3) is 8.18. The van der Waals surface area contributed by atoms with Gasteiger partial charge in [0.25, 0.3) is 5.91 Å². The Morgan fingerprint density at radius 2 is 1.54 bits per heavy atom. The molecule has 0 aliphatic carbocycles. The van der Waals surface area contributed by atoms with Gasteiger partial charge in [0.2, 0.25) is 0 Å². The number of likely N-dealkylation sites (tertiary alicyclic amines) is 1. The Kier molecular flexibility index (Phi) is 9.46. The molecule has 2 heterocycles. The smallest absolute Gasteiger partial charge is 0.416 e. The molecule has 1 fully saturated rings. The first-order valence-electron chi connectivity index (χ1n) is 11.9. The van der Waals surface area contributed by atoms with Crippen molar-refractivity contribution in [2.24, 2.45) is 5.92 Å². The van der Waals surface area contributed by atoms with Gasteiger partial charge >= 0.3 is 18.1 Å². The second-order valence-electron chi connectivity index (χ2n) is 9.04. The van der Waals surface area contributed by atoms with Gasteiger partial charge in [0.15, 0.2) is 0 Å². The molecule has 4 rings (SSSR count). The van der Waals surface area contributed by atoms with E-state index in [1.54, 1.807) is 12.1 Å². The van der Waals surface area contributed by atoms with E-state index in [0.717, 1.165) is 49.7 Å². The van der Waals surface area contributed by atoms with E-state index in [1.807, 2.05) is 29.2 Å². The predicted octanol–water partition coefficient (Wildman–Crippen LogP) is 4.33. The van der Waals surface area contributed by atoms with Crippen LogP contribution in [0.1, 0.15) is 39.9 Å². The summed E-state index contributed by atoms with van der Waals surface area (Å²) >= 11 is 0. The Bertz CT molecular complexity index is 1120. The van der Waals surface area contributed by atoms with Crippen LogP contribution in [0.3, 0.4) is 0 Å². The van der Waals surface area contributed by atoms with Crippen LogP contribution >= 0.6 is 0 Å². The number of carbonyl (C=O) groups excluding carboxylic acids is 1. The number of alkyl halides is 3. The molecule has 1 amide bonds. The van der Waals surface area contributed by atoms with E-state index in [4.69, 9.17) is 10.2 Å². The van der Waals surface area contributed by atoms with E-state index in [2.05, 4.69) is 4.90 Å². The van der Waals surface area contributed by atoms with Gasteiger partial charge in [-0.1, -0.05) is 36.4 Å². The van der Waals surface area contributed by atoms with Crippen molar-refractivity contribution in [1.29, 1.82) is 0 Å². The minimum atomic E-state index is -4.30. The number of piperidine rings is 1. The van der Waals surface area contributed by atoms with E-state index in [9.17, 15) is 27.6 Å². The number of halogens is 3. The topological polar surface area (TPSA) is 98.1 Å². The molecule has 0 spiro atoms. The number of rotatable bonds is 7. The molecule has 0 radical (unpaired) electrons. The number of carbonyl (C=O) groups is 3. The summed E-state index contributed by atoms with van der Waals surface area (Å²) in [6, 6.07) is 13.6. The van der Waals surface area contributed by atoms with E-state index < -0.39 is 23.7 Å². The Hall–Kier alpha value is -3.66. The lowest BCUT2D eigenvalue weighted by Gasteiger charge is -2.34. The quantitative estimate of drug-likeness (QED) is 0.530. The SMILES string of the molecule is O=C(O)C=CC(=O)O.O=C1c2ccccc2CN1CC1CCN(CCc2ccccc2C(F)(F)F)CC1. The van der Waals surface area contributed by atoms with Crippen molar-refractivity contribution in [3.63, 3.8) is 0 Å². The highest BCUT2D eigenvalue weighted by atomic mass is 19.4. The Morgan fingerprint density at radius 3 is 2.14 bits per heavy atom. The summed E-state index contributed by atoms with van der Waals surface area (Å²) in [7, 11) is 0. The molecule has 1 saturated heterocycles. The maximum atomic E-state index is 13.1. The highest BCUT2D eigenvalue weighted by Gasteiger charge is 2.33. The van der Waals surface area contributed by atoms with Gasteiger partial charge in [-0.2, -0.15) is 13.2 Å². The van der Waals surface area contributed by atoms with Gasteiger partial charge in [-0.25, -0.2) is 9.59 Å². The Balaban J connectivity index is 0.000000414. The lowest BCUT2D eigenvalue weighted by molar-refractivity contribution is -0.138. The van der Waals surface area contributed by atoms with Crippen LogP contribution in [0.25, 0.3) is 0 Å². The minimum Gasteiger partial charge on any atom is -0.478 e. The average molecular weight is 519 g/mol. The Labute approximate surface area is 212 Å². The zero-order chi connectivity index (χ0) is 27.0. The van der Waals surface area contributed by atoms with Crippen LogP contribution in [-0.4, -0.2) is 64.0 Å². The molecule has 7 nitrogen and oxygen atoms in total. The Morgan fingerprint density at radius 1 is 0.946 bits per heavy atom. The van der Waals surface area contributed by atoms with E-state index in [1.165, 1.54) is 6.07 Å². The van der Waals surface area contributed by atoms with Crippen molar-refractivity contribution in [2.45, 2.75) is 32.0 Å². The number of amides is 1. The standard InChI is InChI=1S/C23H25F3N2O.C4H4O4/c24-23(25,26)21-8-4-2-5-18(21)11-14-27-12-9-17(10-13-27)15-28-16-19-6-1-3-7-20(19)22(28)29;5-3(6)1-2-4(7)8/h1-8,17H,9-16H2;1-2H,(H,5,6)(H,7,8). The van der Waals surface area contributed by atoms with Gasteiger partial charge < -0.3 is 20.0 Å². The normalized spacial score (nSPS) is 16.4. The summed E-state index contributed by atoms with van der Waals surface area (Å²) in [5.74, 6) is -1.95. The fraction of sp³-hybridized carbons (Fsp3) is 0.370. The summed E-state index contributed by atoms with van der Waals surface area (Å²) in [6.45, 7) is 3.82. The summed E-state index contributed by atoms with van der Waals surface area (Å²) in [6.07, 6.45) is -0.837. The minimum absolute atomic E-state index is 0.117. The molecule has 2 aliphatic rings. The van der Waals surface area contributed by atoms with Crippen LogP contribution in [0.15, 0.2) is 60.7 Å². The van der Waals surface area contributed by atoms with E-state index in [0.29, 0.717) is 43.1 Å². The van der Waals surface area contributed by atoms with Gasteiger partial charge in [-0.05, 0) is 61.5 Å². The summed E-state index contributed by atoms with van der Waals surface area (Å²) in [5.41, 5.74) is 1.75. The summed E-state index contributed by atoms with van der Waals surface area (Å²) in [4.78, 5) is 35.8. The van der Waals surface area contributed by atoms with Crippen molar-refractivity contribution in [3.05, 3.63) is 82.9 Å². The van der Waals surface area contributed by atoms with Crippen LogP contribution in [0.4, 0.5) is 13.2 Å². The van der Waals surface area contributed by atoms with Crippen LogP contribution < -0.4 is 0 Å². The number of fused-ring (bicyclic) bond motifs is 1. The first kappa shape index (κ1) is 27.9. The van der Waals surface area contributed by atoms with Gasteiger partial charge in [-0.15, -0.1) is 0 Å². The highest BCUT2D eigenvalue weighted by molar-refractivity contribution is 5.98. The lowest BCUT2D eigenvalue weighted by Crippen LogP contribution is -2.39. The second-order valence-corrected chi connectivity index (χ2v) is 9.04. The van der Waals surface area contributed by atoms with E-state index in [-0.39, 0.29) is 5.91 Å². The molecule has 0 atom stereocenters. The molecule has 37 heavy (non-hydrogen) atoms. The second kappa shape index (κ2) is 12.5. The van der Waals surface area contributed by atoms with Gasteiger partial charge in [0.05, 0.1) is 5.56 Å². The molecule has 0 saturated carbocycles. The number of carboxylic acid groups (broad SMARTS) is 2. The predicted molar refractivity (Wildman–Crippen MR) is 130 cm³/mol.